The van der Waals surface area contributed by atoms with Gasteiger partial charge in [0.05, 0.1) is 0 Å². The van der Waals surface area contributed by atoms with Crippen molar-refractivity contribution in [3.05, 3.63) is 23.9 Å². The number of nitrogens with zero attached hydrogens (tertiary/aromatic N) is 2. The predicted molar refractivity (Wildman–Crippen MR) is 121 cm³/mol. The molecule has 2 fully saturated rings. The van der Waals surface area contributed by atoms with E-state index in [-0.39, 0.29) is 18.5 Å². The molecular formula is C24H32N2O10. The lowest BCUT2D eigenvalue weighted by Crippen LogP contribution is -2.63. The maximum Gasteiger partial charge on any atom is 0.303 e. The highest BCUT2D eigenvalue weighted by atomic mass is 16.7. The maximum atomic E-state index is 12.0. The van der Waals surface area contributed by atoms with E-state index in [0.29, 0.717) is 0 Å². The van der Waals surface area contributed by atoms with Crippen LogP contribution in [0.15, 0.2) is 18.3 Å². The van der Waals surface area contributed by atoms with Crippen molar-refractivity contribution in [1.82, 2.24) is 9.88 Å². The third kappa shape index (κ3) is 6.91. The Hall–Kier alpha value is -3.25. The number of carbonyl (C=O) groups excluding carboxylic acids is 4. The van der Waals surface area contributed by atoms with Gasteiger partial charge >= 0.3 is 23.9 Å². The Morgan fingerprint density at radius 2 is 1.61 bits per heavy atom. The number of carbonyl (C=O) groups is 4. The van der Waals surface area contributed by atoms with E-state index >= 15 is 0 Å². The molecule has 3 heterocycles. The molecule has 2 aliphatic rings. The highest BCUT2D eigenvalue weighted by molar-refractivity contribution is 5.68. The first-order chi connectivity index (χ1) is 17.1. The molecule has 12 heteroatoms. The number of esters is 4. The van der Waals surface area contributed by atoms with Crippen LogP contribution in [0.5, 0.6) is 5.88 Å². The van der Waals surface area contributed by atoms with Crippen molar-refractivity contribution in [1.29, 1.82) is 0 Å². The lowest BCUT2D eigenvalue weighted by molar-refractivity contribution is -0.289. The van der Waals surface area contributed by atoms with Gasteiger partial charge in [-0.15, -0.1) is 0 Å². The lowest BCUT2D eigenvalue weighted by atomic mass is 9.98. The van der Waals surface area contributed by atoms with Crippen molar-refractivity contribution in [2.24, 2.45) is 0 Å². The Kier molecular flexibility index (Phi) is 9.21. The SMILES string of the molecule is CC(=O)OC[C@H]1O[C@H](Oc2ncccc2C2CCCN2C)[C@H](OC(C)=O)[C@@H](OC(C)=O)[C@H]1OC(C)=O. The van der Waals surface area contributed by atoms with Crippen molar-refractivity contribution >= 4 is 23.9 Å². The van der Waals surface area contributed by atoms with Crippen LogP contribution in [0.1, 0.15) is 52.1 Å². The quantitative estimate of drug-likeness (QED) is 0.369. The molecule has 0 radical (unpaired) electrons. The van der Waals surface area contributed by atoms with Crippen molar-refractivity contribution in [3.8, 4) is 5.88 Å². The summed E-state index contributed by atoms with van der Waals surface area (Å²) in [7, 11) is 2.00. The molecule has 3 rings (SSSR count). The van der Waals surface area contributed by atoms with Crippen LogP contribution in [0.4, 0.5) is 0 Å². The van der Waals surface area contributed by atoms with Crippen LogP contribution >= 0.6 is 0 Å². The molecular weight excluding hydrogens is 476 g/mol. The van der Waals surface area contributed by atoms with Gasteiger partial charge in [0.2, 0.25) is 18.3 Å². The fourth-order valence-corrected chi connectivity index (χ4v) is 4.45. The summed E-state index contributed by atoms with van der Waals surface area (Å²) in [6.07, 6.45) is -2.84. The molecule has 6 atom stereocenters. The van der Waals surface area contributed by atoms with Crippen molar-refractivity contribution in [3.63, 3.8) is 0 Å². The first kappa shape index (κ1) is 27.3. The Balaban J connectivity index is 2.00. The monoisotopic (exact) mass is 508 g/mol. The molecule has 1 aromatic heterocycles. The largest absolute Gasteiger partial charge is 0.463 e. The summed E-state index contributed by atoms with van der Waals surface area (Å²) in [5.41, 5.74) is 0.811. The van der Waals surface area contributed by atoms with Gasteiger partial charge in [-0.3, -0.25) is 24.1 Å². The van der Waals surface area contributed by atoms with Gasteiger partial charge in [0.1, 0.15) is 12.7 Å². The van der Waals surface area contributed by atoms with Crippen LogP contribution < -0.4 is 4.74 Å². The zero-order valence-corrected chi connectivity index (χ0v) is 21.0. The third-order valence-corrected chi connectivity index (χ3v) is 5.86. The normalized spacial score (nSPS) is 28.1. The third-order valence-electron chi connectivity index (χ3n) is 5.86. The molecule has 1 aromatic rings. The van der Waals surface area contributed by atoms with Gasteiger partial charge in [-0.2, -0.15) is 0 Å². The standard InChI is InChI=1S/C24H32N2O10/c1-13(27)31-12-19-20(32-14(2)28)21(33-15(3)29)22(34-16(4)30)24(35-19)36-23-17(8-6-10-25-23)18-9-7-11-26(18)5/h6,8,10,18-22,24H,7,9,11-12H2,1-5H3/t18?,19-,20+,21+,22-,24-/m1/s1. The molecule has 0 saturated carbocycles. The van der Waals surface area contributed by atoms with E-state index in [9.17, 15) is 19.2 Å². The molecule has 198 valence electrons. The second kappa shape index (κ2) is 12.1. The number of hydrogen-bond donors (Lipinski definition) is 0. The van der Waals surface area contributed by atoms with E-state index in [1.807, 2.05) is 13.1 Å². The van der Waals surface area contributed by atoms with E-state index in [0.717, 1.165) is 38.8 Å². The Bertz CT molecular complexity index is 970. The number of likely N-dealkylation sites (tertiary alicyclic amines) is 1. The van der Waals surface area contributed by atoms with Crippen molar-refractivity contribution < 1.29 is 47.6 Å². The van der Waals surface area contributed by atoms with Gasteiger partial charge in [0.15, 0.2) is 12.2 Å². The van der Waals surface area contributed by atoms with E-state index in [1.165, 1.54) is 13.8 Å². The van der Waals surface area contributed by atoms with Gasteiger partial charge in [0, 0.05) is 45.5 Å². The second-order valence-electron chi connectivity index (χ2n) is 8.72. The van der Waals surface area contributed by atoms with Gasteiger partial charge < -0.3 is 28.4 Å². The zero-order valence-electron chi connectivity index (χ0n) is 21.0. The van der Waals surface area contributed by atoms with Crippen LogP contribution in [-0.4, -0.2) is 84.7 Å². The summed E-state index contributed by atoms with van der Waals surface area (Å²) in [5, 5.41) is 0. The smallest absolute Gasteiger partial charge is 0.303 e. The Morgan fingerprint density at radius 3 is 2.19 bits per heavy atom. The van der Waals surface area contributed by atoms with Gasteiger partial charge in [0.25, 0.3) is 0 Å². The average molecular weight is 509 g/mol. The number of hydrogen-bond acceptors (Lipinski definition) is 12. The molecule has 0 bridgehead atoms. The minimum Gasteiger partial charge on any atom is -0.463 e. The fourth-order valence-electron chi connectivity index (χ4n) is 4.45. The van der Waals surface area contributed by atoms with Crippen LogP contribution in [0.2, 0.25) is 0 Å². The molecule has 0 N–H and O–H groups in total. The lowest BCUT2D eigenvalue weighted by Gasteiger charge is -2.43. The zero-order chi connectivity index (χ0) is 26.4. The summed E-state index contributed by atoms with van der Waals surface area (Å²) in [6, 6.07) is 3.74. The fraction of sp³-hybridized carbons (Fsp3) is 0.625. The molecule has 12 nitrogen and oxygen atoms in total. The van der Waals surface area contributed by atoms with Gasteiger partial charge in [-0.05, 0) is 32.5 Å². The number of ether oxygens (including phenoxy) is 6. The van der Waals surface area contributed by atoms with E-state index < -0.39 is 54.6 Å². The molecule has 0 spiro atoms. The van der Waals surface area contributed by atoms with E-state index in [1.54, 1.807) is 12.3 Å². The summed E-state index contributed by atoms with van der Waals surface area (Å²) in [5.74, 6) is -2.47. The molecule has 2 aliphatic heterocycles. The van der Waals surface area contributed by atoms with Crippen molar-refractivity contribution in [2.45, 2.75) is 77.3 Å². The highest BCUT2D eigenvalue weighted by Gasteiger charge is 2.53. The Morgan fingerprint density at radius 1 is 0.972 bits per heavy atom. The molecule has 1 unspecified atom stereocenters. The number of aromatic nitrogens is 1. The predicted octanol–water partition coefficient (Wildman–Crippen LogP) is 1.31. The molecule has 0 aromatic carbocycles. The van der Waals surface area contributed by atoms with Crippen LogP contribution in [0.3, 0.4) is 0 Å². The summed E-state index contributed by atoms with van der Waals surface area (Å²) >= 11 is 0. The maximum absolute atomic E-state index is 12.0. The molecule has 36 heavy (non-hydrogen) atoms. The minimum absolute atomic E-state index is 0.0550. The van der Waals surface area contributed by atoms with E-state index in [4.69, 9.17) is 28.4 Å². The topological polar surface area (TPSA) is 140 Å². The van der Waals surface area contributed by atoms with Crippen LogP contribution in [0.25, 0.3) is 0 Å². The Labute approximate surface area is 209 Å². The summed E-state index contributed by atoms with van der Waals surface area (Å²) in [6.45, 7) is 5.29. The first-order valence-electron chi connectivity index (χ1n) is 11.7. The minimum atomic E-state index is -1.33. The molecule has 2 saturated heterocycles. The van der Waals surface area contributed by atoms with Gasteiger partial charge in [-0.25, -0.2) is 4.98 Å². The number of pyridine rings is 1. The highest BCUT2D eigenvalue weighted by Crippen LogP contribution is 2.37. The van der Waals surface area contributed by atoms with Crippen molar-refractivity contribution in [2.75, 3.05) is 20.2 Å². The van der Waals surface area contributed by atoms with Crippen LogP contribution in [-0.2, 0) is 42.9 Å². The summed E-state index contributed by atoms with van der Waals surface area (Å²) < 4.78 is 33.6. The summed E-state index contributed by atoms with van der Waals surface area (Å²) in [4.78, 5) is 53.9. The molecule has 0 aliphatic carbocycles. The average Bonchev–Trinajstić information content (AvgIpc) is 3.21. The number of rotatable bonds is 8. The van der Waals surface area contributed by atoms with Gasteiger partial charge in [-0.1, -0.05) is 6.07 Å². The first-order valence-corrected chi connectivity index (χ1v) is 11.7. The second-order valence-corrected chi connectivity index (χ2v) is 8.72. The van der Waals surface area contributed by atoms with E-state index in [2.05, 4.69) is 9.88 Å². The van der Waals surface area contributed by atoms with Crippen LogP contribution in [0, 0.1) is 0 Å². The molecule has 0 amide bonds.